The first-order valence-corrected chi connectivity index (χ1v) is 9.57. The number of hydrogen-bond acceptors (Lipinski definition) is 4. The zero-order valence-electron chi connectivity index (χ0n) is 15.0. The number of aryl methyl sites for hydroxylation is 2. The van der Waals surface area contributed by atoms with E-state index in [0.717, 1.165) is 5.56 Å². The van der Waals surface area contributed by atoms with E-state index in [9.17, 15) is 8.42 Å². The third-order valence-corrected chi connectivity index (χ3v) is 5.85. The van der Waals surface area contributed by atoms with Gasteiger partial charge < -0.3 is 4.74 Å². The minimum absolute atomic E-state index is 0.206. The van der Waals surface area contributed by atoms with Gasteiger partial charge in [0.15, 0.2) is 0 Å². The molecule has 0 radical (unpaired) electrons. The van der Waals surface area contributed by atoms with Gasteiger partial charge in [0.2, 0.25) is 0 Å². The summed E-state index contributed by atoms with van der Waals surface area (Å²) in [6.07, 6.45) is 1.72. The van der Waals surface area contributed by atoms with Gasteiger partial charge in [-0.05, 0) is 36.8 Å². The predicted molar refractivity (Wildman–Crippen MR) is 101 cm³/mol. The van der Waals surface area contributed by atoms with E-state index in [4.69, 9.17) is 4.74 Å². The fraction of sp³-hybridized carbons (Fsp3) is 0.211. The maximum Gasteiger partial charge on any atom is 0.264 e. The number of methoxy groups -OCH3 is 1. The molecule has 7 heteroatoms. The van der Waals surface area contributed by atoms with Gasteiger partial charge in [-0.15, -0.1) is 0 Å². The standard InChI is InChI=1S/C19H21N3O3S/c1-15-19(14-21(2)20-15)22(13-16-7-5-4-6-8-16)26(23,24)18-11-9-17(25-3)10-12-18/h4-12,14H,13H2,1-3H3. The number of hydrogen-bond donors (Lipinski definition) is 0. The van der Waals surface area contributed by atoms with Crippen LogP contribution in [0.5, 0.6) is 5.75 Å². The average molecular weight is 371 g/mol. The molecule has 0 unspecified atom stereocenters. The summed E-state index contributed by atoms with van der Waals surface area (Å²) in [5.41, 5.74) is 2.11. The van der Waals surface area contributed by atoms with E-state index in [1.165, 1.54) is 4.31 Å². The molecule has 0 aliphatic carbocycles. The van der Waals surface area contributed by atoms with E-state index in [2.05, 4.69) is 5.10 Å². The van der Waals surface area contributed by atoms with E-state index in [1.54, 1.807) is 56.2 Å². The normalized spacial score (nSPS) is 11.3. The number of rotatable bonds is 6. The summed E-state index contributed by atoms with van der Waals surface area (Å²) in [7, 11) is -0.441. The number of benzene rings is 2. The van der Waals surface area contributed by atoms with E-state index in [0.29, 0.717) is 17.1 Å². The molecule has 0 aliphatic rings. The highest BCUT2D eigenvalue weighted by Gasteiger charge is 2.27. The van der Waals surface area contributed by atoms with Crippen LogP contribution in [0.4, 0.5) is 5.69 Å². The van der Waals surface area contributed by atoms with Crippen molar-refractivity contribution in [2.45, 2.75) is 18.4 Å². The molecule has 3 aromatic rings. The second kappa shape index (κ2) is 7.21. The molecule has 0 fully saturated rings. The van der Waals surface area contributed by atoms with Crippen molar-refractivity contribution in [3.63, 3.8) is 0 Å². The molecule has 0 atom stereocenters. The number of aromatic nitrogens is 2. The van der Waals surface area contributed by atoms with Crippen LogP contribution in [0.25, 0.3) is 0 Å². The molecular formula is C19H21N3O3S. The SMILES string of the molecule is COc1ccc(S(=O)(=O)N(Cc2ccccc2)c2cn(C)nc2C)cc1. The molecule has 2 aromatic carbocycles. The van der Waals surface area contributed by atoms with Crippen LogP contribution < -0.4 is 9.04 Å². The van der Waals surface area contributed by atoms with Crippen LogP contribution in [0.15, 0.2) is 65.7 Å². The summed E-state index contributed by atoms with van der Waals surface area (Å²) in [4.78, 5) is 0.206. The van der Waals surface area contributed by atoms with Gasteiger partial charge in [0.1, 0.15) is 5.75 Å². The lowest BCUT2D eigenvalue weighted by atomic mass is 10.2. The molecule has 0 N–H and O–H groups in total. The second-order valence-corrected chi connectivity index (χ2v) is 7.81. The van der Waals surface area contributed by atoms with Gasteiger partial charge in [-0.3, -0.25) is 8.99 Å². The first-order chi connectivity index (χ1) is 12.4. The molecule has 0 spiro atoms. The van der Waals surface area contributed by atoms with Gasteiger partial charge in [0, 0.05) is 13.2 Å². The van der Waals surface area contributed by atoms with Gasteiger partial charge in [-0.2, -0.15) is 5.10 Å². The largest absolute Gasteiger partial charge is 0.497 e. The Hall–Kier alpha value is -2.80. The summed E-state index contributed by atoms with van der Waals surface area (Å²) < 4.78 is 34.8. The molecule has 136 valence electrons. The number of ether oxygens (including phenoxy) is 1. The van der Waals surface area contributed by atoms with Crippen LogP contribution in [0.1, 0.15) is 11.3 Å². The zero-order valence-corrected chi connectivity index (χ0v) is 15.8. The maximum atomic E-state index is 13.3. The van der Waals surface area contributed by atoms with Crippen molar-refractivity contribution in [1.82, 2.24) is 9.78 Å². The Bertz CT molecular complexity index is 981. The third-order valence-electron chi connectivity index (χ3n) is 4.07. The van der Waals surface area contributed by atoms with Crippen molar-refractivity contribution in [1.29, 1.82) is 0 Å². The Labute approximate surface area is 153 Å². The van der Waals surface area contributed by atoms with Crippen LogP contribution in [0, 0.1) is 6.92 Å². The predicted octanol–water partition coefficient (Wildman–Crippen LogP) is 3.13. The van der Waals surface area contributed by atoms with Crippen LogP contribution >= 0.6 is 0 Å². The fourth-order valence-corrected chi connectivity index (χ4v) is 4.25. The van der Waals surface area contributed by atoms with E-state index >= 15 is 0 Å². The van der Waals surface area contributed by atoms with Crippen molar-refractivity contribution < 1.29 is 13.2 Å². The highest BCUT2D eigenvalue weighted by Crippen LogP contribution is 2.29. The van der Waals surface area contributed by atoms with Crippen LogP contribution in [0.3, 0.4) is 0 Å². The van der Waals surface area contributed by atoms with Crippen molar-refractivity contribution in [2.75, 3.05) is 11.4 Å². The average Bonchev–Trinajstić information content (AvgIpc) is 2.98. The van der Waals surface area contributed by atoms with Gasteiger partial charge in [0.25, 0.3) is 10.0 Å². The molecule has 1 heterocycles. The Kier molecular flexibility index (Phi) is 4.99. The molecule has 26 heavy (non-hydrogen) atoms. The molecule has 0 amide bonds. The lowest BCUT2D eigenvalue weighted by Crippen LogP contribution is -2.30. The first kappa shape index (κ1) is 18.0. The maximum absolute atomic E-state index is 13.3. The molecule has 0 aliphatic heterocycles. The van der Waals surface area contributed by atoms with E-state index in [1.807, 2.05) is 30.3 Å². The first-order valence-electron chi connectivity index (χ1n) is 8.13. The van der Waals surface area contributed by atoms with Gasteiger partial charge in [-0.25, -0.2) is 8.42 Å². The van der Waals surface area contributed by atoms with Crippen LogP contribution in [-0.4, -0.2) is 25.3 Å². The summed E-state index contributed by atoms with van der Waals surface area (Å²) in [6.45, 7) is 2.03. The molecule has 6 nitrogen and oxygen atoms in total. The highest BCUT2D eigenvalue weighted by molar-refractivity contribution is 7.92. The summed E-state index contributed by atoms with van der Waals surface area (Å²) in [6, 6.07) is 15.9. The second-order valence-electron chi connectivity index (χ2n) is 5.95. The van der Waals surface area contributed by atoms with E-state index < -0.39 is 10.0 Å². The summed E-state index contributed by atoms with van der Waals surface area (Å²) in [5, 5.41) is 4.30. The molecule has 0 saturated carbocycles. The van der Waals surface area contributed by atoms with Gasteiger partial charge in [0.05, 0.1) is 29.9 Å². The van der Waals surface area contributed by atoms with Crippen LogP contribution in [-0.2, 0) is 23.6 Å². The monoisotopic (exact) mass is 371 g/mol. The Balaban J connectivity index is 2.07. The summed E-state index contributed by atoms with van der Waals surface area (Å²) in [5.74, 6) is 0.608. The lowest BCUT2D eigenvalue weighted by molar-refractivity contribution is 0.414. The van der Waals surface area contributed by atoms with E-state index in [-0.39, 0.29) is 11.4 Å². The minimum atomic E-state index is -3.76. The quantitative estimate of drug-likeness (QED) is 0.668. The highest BCUT2D eigenvalue weighted by atomic mass is 32.2. The van der Waals surface area contributed by atoms with Crippen molar-refractivity contribution in [3.05, 3.63) is 72.1 Å². The lowest BCUT2D eigenvalue weighted by Gasteiger charge is -2.24. The third kappa shape index (κ3) is 3.57. The van der Waals surface area contributed by atoms with Gasteiger partial charge in [-0.1, -0.05) is 30.3 Å². The molecule has 0 saturated heterocycles. The van der Waals surface area contributed by atoms with Crippen molar-refractivity contribution in [3.8, 4) is 5.75 Å². The number of anilines is 1. The smallest absolute Gasteiger partial charge is 0.264 e. The Morgan fingerprint density at radius 1 is 1.08 bits per heavy atom. The van der Waals surface area contributed by atoms with Crippen LogP contribution in [0.2, 0.25) is 0 Å². The molecule has 0 bridgehead atoms. The number of nitrogens with zero attached hydrogens (tertiary/aromatic N) is 3. The van der Waals surface area contributed by atoms with Crippen molar-refractivity contribution >= 4 is 15.7 Å². The van der Waals surface area contributed by atoms with Gasteiger partial charge >= 0.3 is 0 Å². The molecule has 3 rings (SSSR count). The summed E-state index contributed by atoms with van der Waals surface area (Å²) >= 11 is 0. The fourth-order valence-electron chi connectivity index (χ4n) is 2.76. The molecular weight excluding hydrogens is 350 g/mol. The zero-order chi connectivity index (χ0) is 18.7. The Morgan fingerprint density at radius 3 is 2.27 bits per heavy atom. The topological polar surface area (TPSA) is 64.4 Å². The Morgan fingerprint density at radius 2 is 1.73 bits per heavy atom. The minimum Gasteiger partial charge on any atom is -0.497 e. The van der Waals surface area contributed by atoms with Crippen molar-refractivity contribution in [2.24, 2.45) is 7.05 Å². The number of sulfonamides is 1. The molecule has 1 aromatic heterocycles.